The lowest BCUT2D eigenvalue weighted by Crippen LogP contribution is -3.00. The summed E-state index contributed by atoms with van der Waals surface area (Å²) >= 11 is 0. The van der Waals surface area contributed by atoms with Gasteiger partial charge in [0.25, 0.3) is 0 Å². The third kappa shape index (κ3) is 5.32. The Morgan fingerprint density at radius 2 is 1.14 bits per heavy atom. The lowest BCUT2D eigenvalue weighted by atomic mass is 10.0. The summed E-state index contributed by atoms with van der Waals surface area (Å²) in [5.41, 5.74) is 2.20. The molecule has 0 atom stereocenters. The highest BCUT2D eigenvalue weighted by atomic mass is 79.9. The van der Waals surface area contributed by atoms with Crippen molar-refractivity contribution in [1.82, 2.24) is 0 Å². The van der Waals surface area contributed by atoms with E-state index >= 15 is 0 Å². The zero-order chi connectivity index (χ0) is 24.8. The van der Waals surface area contributed by atoms with Crippen LogP contribution in [0.1, 0.15) is 23.0 Å². The van der Waals surface area contributed by atoms with E-state index in [2.05, 4.69) is 72.8 Å². The Labute approximate surface area is 229 Å². The fourth-order valence-electron chi connectivity index (χ4n) is 4.76. The number of benzene rings is 4. The van der Waals surface area contributed by atoms with Crippen LogP contribution in [0.2, 0.25) is 0 Å². The predicted molar refractivity (Wildman–Crippen MR) is 149 cm³/mol. The molecule has 37 heavy (non-hydrogen) atoms. The first kappa shape index (κ1) is 26.6. The summed E-state index contributed by atoms with van der Waals surface area (Å²) in [6.45, 7) is 2.13. The zero-order valence-electron chi connectivity index (χ0n) is 20.6. The monoisotopic (exact) mass is 570 g/mol. The highest BCUT2D eigenvalue weighted by Crippen LogP contribution is 2.59. The summed E-state index contributed by atoms with van der Waals surface area (Å²) in [5.74, 6) is 0.296. The Hall–Kier alpha value is -3.46. The van der Waals surface area contributed by atoms with Crippen LogP contribution in [-0.2, 0) is 10.9 Å². The first-order valence-electron chi connectivity index (χ1n) is 12.1. The fraction of sp³-hybridized carbons (Fsp3) is 0.0938. The van der Waals surface area contributed by atoms with Gasteiger partial charge in [-0.15, -0.1) is 0 Å². The summed E-state index contributed by atoms with van der Waals surface area (Å²) in [6.07, 6.45) is 2.26. The smallest absolute Gasteiger partial charge is 0.342 e. The van der Waals surface area contributed by atoms with Crippen LogP contribution in [-0.4, -0.2) is 12.6 Å². The highest BCUT2D eigenvalue weighted by Gasteiger charge is 2.47. The fourth-order valence-corrected chi connectivity index (χ4v) is 8.90. The van der Waals surface area contributed by atoms with E-state index in [0.29, 0.717) is 24.1 Å². The molecule has 0 aliphatic rings. The predicted octanol–water partition coefficient (Wildman–Crippen LogP) is 3.62. The molecule has 5 rings (SSSR count). The van der Waals surface area contributed by atoms with Crippen LogP contribution in [0, 0.1) is 0 Å². The van der Waals surface area contributed by atoms with Gasteiger partial charge in [-0.05, 0) is 48.9 Å². The van der Waals surface area contributed by atoms with Crippen molar-refractivity contribution in [3.63, 3.8) is 0 Å². The Morgan fingerprint density at radius 1 is 0.703 bits per heavy atom. The molecule has 0 unspecified atom stereocenters. The van der Waals surface area contributed by atoms with E-state index in [-0.39, 0.29) is 23.0 Å². The van der Waals surface area contributed by atoms with Crippen LogP contribution in [0.3, 0.4) is 0 Å². The van der Waals surface area contributed by atoms with Crippen LogP contribution >= 0.6 is 7.26 Å². The molecule has 0 saturated carbocycles. The Kier molecular flexibility index (Phi) is 8.76. The largest absolute Gasteiger partial charge is 1.00 e. The van der Waals surface area contributed by atoms with Gasteiger partial charge in [-0.25, -0.2) is 4.79 Å². The quantitative estimate of drug-likeness (QED) is 0.211. The van der Waals surface area contributed by atoms with E-state index < -0.39 is 7.26 Å². The second kappa shape index (κ2) is 12.2. The van der Waals surface area contributed by atoms with Gasteiger partial charge in [0, 0.05) is 5.56 Å². The van der Waals surface area contributed by atoms with Crippen molar-refractivity contribution >= 4 is 29.1 Å². The number of carbonyl (C=O) groups excluding carboxylic acids is 1. The Balaban J connectivity index is 0.00000320. The summed E-state index contributed by atoms with van der Waals surface area (Å²) < 4.78 is 11.8. The molecule has 0 fully saturated rings. The van der Waals surface area contributed by atoms with Crippen molar-refractivity contribution in [3.05, 3.63) is 139 Å². The van der Waals surface area contributed by atoms with Crippen LogP contribution in [0.15, 0.2) is 132 Å². The molecule has 0 spiro atoms. The number of hydrogen-bond acceptors (Lipinski definition) is 3. The normalized spacial score (nSPS) is 10.9. The molecule has 1 aromatic heterocycles. The third-order valence-electron chi connectivity index (χ3n) is 6.40. The lowest BCUT2D eigenvalue weighted by Gasteiger charge is -2.27. The van der Waals surface area contributed by atoms with E-state index in [1.165, 1.54) is 15.9 Å². The van der Waals surface area contributed by atoms with Gasteiger partial charge in [0.2, 0.25) is 0 Å². The molecule has 0 saturated heterocycles. The average molecular weight is 571 g/mol. The number of furan rings is 1. The van der Waals surface area contributed by atoms with E-state index in [1.54, 1.807) is 6.26 Å². The van der Waals surface area contributed by atoms with E-state index in [9.17, 15) is 4.79 Å². The van der Waals surface area contributed by atoms with Crippen molar-refractivity contribution in [2.45, 2.75) is 13.1 Å². The van der Waals surface area contributed by atoms with E-state index in [4.69, 9.17) is 9.15 Å². The average Bonchev–Trinajstić information content (AvgIpc) is 3.37. The maximum absolute atomic E-state index is 13.3. The molecule has 0 aliphatic heterocycles. The number of rotatable bonds is 8. The van der Waals surface area contributed by atoms with Crippen molar-refractivity contribution in [2.75, 3.05) is 6.61 Å². The second-order valence-electron chi connectivity index (χ2n) is 8.51. The first-order valence-corrected chi connectivity index (χ1v) is 14.1. The number of hydrogen-bond donors (Lipinski definition) is 0. The highest BCUT2D eigenvalue weighted by molar-refractivity contribution is 7.95. The molecule has 0 radical (unpaired) electrons. The summed E-state index contributed by atoms with van der Waals surface area (Å²) in [6, 6.07) is 41.7. The van der Waals surface area contributed by atoms with Crippen LogP contribution in [0.5, 0.6) is 0 Å². The van der Waals surface area contributed by atoms with Crippen molar-refractivity contribution in [3.8, 4) is 11.1 Å². The third-order valence-corrected chi connectivity index (χ3v) is 10.7. The number of halogens is 1. The van der Waals surface area contributed by atoms with Gasteiger partial charge in [0.15, 0.2) is 5.76 Å². The summed E-state index contributed by atoms with van der Waals surface area (Å²) in [4.78, 5) is 13.3. The second-order valence-corrected chi connectivity index (χ2v) is 12.0. The SMILES string of the molecule is CCOC(=O)c1c(-c2ccccc2)coc1C[P+](c1ccccc1)(c1ccccc1)c1ccccc1.[Br-]. The molecular formula is C32H28BrO3P. The van der Waals surface area contributed by atoms with Gasteiger partial charge in [0.05, 0.1) is 12.9 Å². The van der Waals surface area contributed by atoms with Crippen LogP contribution in [0.25, 0.3) is 11.1 Å². The molecule has 186 valence electrons. The van der Waals surface area contributed by atoms with Crippen LogP contribution < -0.4 is 32.9 Å². The summed E-state index contributed by atoms with van der Waals surface area (Å²) in [5, 5.41) is 3.69. The molecule has 4 aromatic carbocycles. The standard InChI is InChI=1S/C32H28O3P.BrH/c1-2-34-32(33)31-29(25-15-7-3-8-16-25)23-35-30(31)24-36(26-17-9-4-10-18-26,27-19-11-5-12-20-27)28-21-13-6-14-22-28;/h3-23H,2,24H2,1H3;1H/q+1;/p-1. The lowest BCUT2D eigenvalue weighted by molar-refractivity contribution is -0.0000261. The topological polar surface area (TPSA) is 39.4 Å². The van der Waals surface area contributed by atoms with Crippen LogP contribution in [0.4, 0.5) is 0 Å². The molecule has 0 N–H and O–H groups in total. The maximum Gasteiger partial charge on any atom is 0.342 e. The Bertz CT molecular complexity index is 1320. The van der Waals surface area contributed by atoms with Gasteiger partial charge < -0.3 is 26.1 Å². The minimum atomic E-state index is -2.24. The van der Waals surface area contributed by atoms with Crippen molar-refractivity contribution < 1.29 is 30.9 Å². The van der Waals surface area contributed by atoms with Gasteiger partial charge in [0.1, 0.15) is 34.9 Å². The van der Waals surface area contributed by atoms with Gasteiger partial charge in [-0.3, -0.25) is 0 Å². The van der Waals surface area contributed by atoms with E-state index in [0.717, 1.165) is 11.1 Å². The van der Waals surface area contributed by atoms with E-state index in [1.807, 2.05) is 55.5 Å². The molecule has 0 amide bonds. The minimum absolute atomic E-state index is 0. The van der Waals surface area contributed by atoms with Gasteiger partial charge >= 0.3 is 5.97 Å². The molecule has 0 bridgehead atoms. The molecule has 3 nitrogen and oxygen atoms in total. The Morgan fingerprint density at radius 3 is 1.57 bits per heavy atom. The van der Waals surface area contributed by atoms with Crippen molar-refractivity contribution in [2.24, 2.45) is 0 Å². The molecule has 5 heteroatoms. The number of carbonyl (C=O) groups is 1. The minimum Gasteiger partial charge on any atom is -1.00 e. The molecule has 1 heterocycles. The number of esters is 1. The summed E-state index contributed by atoms with van der Waals surface area (Å²) in [7, 11) is -2.24. The van der Waals surface area contributed by atoms with Crippen molar-refractivity contribution in [1.29, 1.82) is 0 Å². The molecule has 5 aromatic rings. The zero-order valence-corrected chi connectivity index (χ0v) is 23.1. The maximum atomic E-state index is 13.3. The van der Waals surface area contributed by atoms with Gasteiger partial charge in [-0.1, -0.05) is 84.9 Å². The van der Waals surface area contributed by atoms with Gasteiger partial charge in [-0.2, -0.15) is 0 Å². The number of ether oxygens (including phenoxy) is 1. The molecule has 0 aliphatic carbocycles. The molecular weight excluding hydrogens is 543 g/mol. The first-order chi connectivity index (χ1) is 17.7.